The molecule has 0 spiro atoms. The molecule has 1 saturated carbocycles. The van der Waals surface area contributed by atoms with Crippen molar-refractivity contribution in [1.82, 2.24) is 5.32 Å². The van der Waals surface area contributed by atoms with Crippen LogP contribution in [-0.2, 0) is 9.59 Å². The molecule has 1 aliphatic rings. The minimum atomic E-state index is -0.822. The highest BCUT2D eigenvalue weighted by atomic mass is 16.4. The van der Waals surface area contributed by atoms with Crippen LogP contribution in [0.25, 0.3) is 0 Å². The Morgan fingerprint density at radius 1 is 1.21 bits per heavy atom. The number of carbonyl (C=O) groups excluding carboxylic acids is 1. The molecule has 24 heavy (non-hydrogen) atoms. The summed E-state index contributed by atoms with van der Waals surface area (Å²) in [5, 5.41) is 12.5. The van der Waals surface area contributed by atoms with Gasteiger partial charge in [-0.1, -0.05) is 26.7 Å². The van der Waals surface area contributed by atoms with Crippen molar-refractivity contribution in [1.29, 1.82) is 0 Å². The first-order valence-corrected chi connectivity index (χ1v) is 8.88. The number of carboxylic acid groups (broad SMARTS) is 1. The summed E-state index contributed by atoms with van der Waals surface area (Å²) in [6.07, 6.45) is 4.92. The van der Waals surface area contributed by atoms with Crippen LogP contribution < -0.4 is 16.8 Å². The number of aliphatic imine (C=N–C) groups is 1. The summed E-state index contributed by atoms with van der Waals surface area (Å²) in [5.41, 5.74) is 11.1. The fourth-order valence-corrected chi connectivity index (χ4v) is 4.03. The first-order valence-electron chi connectivity index (χ1n) is 8.88. The summed E-state index contributed by atoms with van der Waals surface area (Å²) in [4.78, 5) is 27.5. The summed E-state index contributed by atoms with van der Waals surface area (Å²) in [5.74, 6) is -1.17. The Bertz CT molecular complexity index is 457. The molecule has 0 bridgehead atoms. The van der Waals surface area contributed by atoms with E-state index in [9.17, 15) is 14.7 Å². The van der Waals surface area contributed by atoms with Crippen molar-refractivity contribution in [2.45, 2.75) is 71.4 Å². The van der Waals surface area contributed by atoms with Gasteiger partial charge in [-0.2, -0.15) is 0 Å². The monoisotopic (exact) mass is 340 g/mol. The quantitative estimate of drug-likeness (QED) is 0.373. The minimum Gasteiger partial charge on any atom is -0.481 e. The van der Waals surface area contributed by atoms with E-state index in [0.717, 1.165) is 25.7 Å². The largest absolute Gasteiger partial charge is 0.481 e. The third-order valence-electron chi connectivity index (χ3n) is 4.90. The smallest absolute Gasteiger partial charge is 0.306 e. The van der Waals surface area contributed by atoms with E-state index in [1.165, 1.54) is 6.92 Å². The molecule has 7 heteroatoms. The van der Waals surface area contributed by atoms with Gasteiger partial charge in [0.2, 0.25) is 5.91 Å². The van der Waals surface area contributed by atoms with Crippen molar-refractivity contribution in [2.24, 2.45) is 34.2 Å². The van der Waals surface area contributed by atoms with Gasteiger partial charge in [0.25, 0.3) is 0 Å². The Labute approximate surface area is 144 Å². The van der Waals surface area contributed by atoms with Gasteiger partial charge in [0.05, 0.1) is 12.0 Å². The van der Waals surface area contributed by atoms with Gasteiger partial charge < -0.3 is 21.9 Å². The first kappa shape index (κ1) is 20.3. The molecule has 1 amide bonds. The molecule has 0 heterocycles. The second-order valence-corrected chi connectivity index (χ2v) is 6.86. The lowest BCUT2D eigenvalue weighted by Gasteiger charge is -2.34. The SMILES string of the molecule is CCCC(CCC)[C@H](NC(C)=O)C1C[C@@H](C(=O)O)C[C@H]1N=C(N)N. The maximum absolute atomic E-state index is 11.8. The van der Waals surface area contributed by atoms with Crippen molar-refractivity contribution < 1.29 is 14.7 Å². The van der Waals surface area contributed by atoms with Crippen LogP contribution in [0.1, 0.15) is 59.3 Å². The summed E-state index contributed by atoms with van der Waals surface area (Å²) in [6, 6.07) is -0.357. The van der Waals surface area contributed by atoms with E-state index < -0.39 is 11.9 Å². The van der Waals surface area contributed by atoms with Crippen LogP contribution in [0.2, 0.25) is 0 Å². The topological polar surface area (TPSA) is 131 Å². The number of nitrogens with one attached hydrogen (secondary N) is 1. The maximum atomic E-state index is 11.8. The molecule has 0 radical (unpaired) electrons. The van der Waals surface area contributed by atoms with Crippen LogP contribution in [0.15, 0.2) is 4.99 Å². The Balaban J connectivity index is 3.12. The summed E-state index contributed by atoms with van der Waals surface area (Å²) in [6.45, 7) is 5.74. The summed E-state index contributed by atoms with van der Waals surface area (Å²) >= 11 is 0. The maximum Gasteiger partial charge on any atom is 0.306 e. The van der Waals surface area contributed by atoms with E-state index in [1.807, 2.05) is 0 Å². The molecule has 0 aliphatic heterocycles. The normalized spacial score (nSPS) is 24.6. The summed E-state index contributed by atoms with van der Waals surface area (Å²) in [7, 11) is 0. The number of hydrogen-bond donors (Lipinski definition) is 4. The van der Waals surface area contributed by atoms with Gasteiger partial charge in [-0.05, 0) is 31.6 Å². The number of aliphatic carboxylic acids is 1. The average Bonchev–Trinajstić information content (AvgIpc) is 2.87. The Hall–Kier alpha value is -1.79. The third-order valence-corrected chi connectivity index (χ3v) is 4.90. The molecule has 1 aliphatic carbocycles. The predicted octanol–water partition coefficient (Wildman–Crippen LogP) is 1.46. The fourth-order valence-electron chi connectivity index (χ4n) is 4.03. The minimum absolute atomic E-state index is 0.0276. The highest BCUT2D eigenvalue weighted by molar-refractivity contribution is 5.76. The molecular formula is C17H32N4O3. The van der Waals surface area contributed by atoms with E-state index in [2.05, 4.69) is 24.2 Å². The van der Waals surface area contributed by atoms with Crippen LogP contribution in [0, 0.1) is 17.8 Å². The zero-order chi connectivity index (χ0) is 18.3. The van der Waals surface area contributed by atoms with Gasteiger partial charge in [-0.25, -0.2) is 4.99 Å². The standard InChI is InChI=1S/C17H32N4O3/c1-4-6-11(7-5-2)15(20-10(3)22)13-8-12(16(23)24)9-14(13)21-17(18)19/h11-15H,4-9H2,1-3H3,(H,20,22)(H,23,24)(H4,18,19,21)/t12-,13?,14-,15+/m1/s1. The molecule has 0 aromatic carbocycles. The van der Waals surface area contributed by atoms with Crippen LogP contribution in [-0.4, -0.2) is 35.0 Å². The number of nitrogens with zero attached hydrogens (tertiary/aromatic N) is 1. The van der Waals surface area contributed by atoms with E-state index >= 15 is 0 Å². The lowest BCUT2D eigenvalue weighted by atomic mass is 9.80. The summed E-state index contributed by atoms with van der Waals surface area (Å²) < 4.78 is 0. The number of carboxylic acids is 1. The van der Waals surface area contributed by atoms with Gasteiger partial charge in [0.15, 0.2) is 5.96 Å². The molecule has 1 rings (SSSR count). The van der Waals surface area contributed by atoms with Gasteiger partial charge in [0, 0.05) is 18.9 Å². The highest BCUT2D eigenvalue weighted by Gasteiger charge is 2.44. The second kappa shape index (κ2) is 9.49. The number of carbonyl (C=O) groups is 2. The van der Waals surface area contributed by atoms with E-state index in [1.54, 1.807) is 0 Å². The molecule has 6 N–H and O–H groups in total. The number of rotatable bonds is 9. The van der Waals surface area contributed by atoms with Crippen LogP contribution in [0.3, 0.4) is 0 Å². The van der Waals surface area contributed by atoms with Crippen molar-refractivity contribution in [3.63, 3.8) is 0 Å². The lowest BCUT2D eigenvalue weighted by Crippen LogP contribution is -2.47. The van der Waals surface area contributed by atoms with E-state index in [4.69, 9.17) is 11.5 Å². The Kier molecular flexibility index (Phi) is 8.01. The van der Waals surface area contributed by atoms with Gasteiger partial charge >= 0.3 is 5.97 Å². The molecule has 0 aromatic rings. The lowest BCUT2D eigenvalue weighted by molar-refractivity contribution is -0.141. The first-order chi connectivity index (χ1) is 11.3. The molecule has 138 valence electrons. The fraction of sp³-hybridized carbons (Fsp3) is 0.824. The zero-order valence-corrected chi connectivity index (χ0v) is 15.0. The second-order valence-electron chi connectivity index (χ2n) is 6.86. The van der Waals surface area contributed by atoms with Crippen LogP contribution in [0.4, 0.5) is 0 Å². The van der Waals surface area contributed by atoms with Crippen molar-refractivity contribution in [3.8, 4) is 0 Å². The third kappa shape index (κ3) is 5.69. The van der Waals surface area contributed by atoms with Crippen molar-refractivity contribution in [3.05, 3.63) is 0 Å². The molecule has 4 atom stereocenters. The average molecular weight is 340 g/mol. The van der Waals surface area contributed by atoms with E-state index in [0.29, 0.717) is 18.8 Å². The number of hydrogen-bond acceptors (Lipinski definition) is 3. The Morgan fingerprint density at radius 2 is 1.79 bits per heavy atom. The zero-order valence-electron chi connectivity index (χ0n) is 15.0. The van der Waals surface area contributed by atoms with Gasteiger partial charge in [-0.15, -0.1) is 0 Å². The molecule has 0 aromatic heterocycles. The molecule has 1 unspecified atom stereocenters. The predicted molar refractivity (Wildman–Crippen MR) is 94.4 cm³/mol. The highest BCUT2D eigenvalue weighted by Crippen LogP contribution is 2.39. The van der Waals surface area contributed by atoms with Crippen molar-refractivity contribution >= 4 is 17.8 Å². The van der Waals surface area contributed by atoms with Crippen LogP contribution >= 0.6 is 0 Å². The molecule has 7 nitrogen and oxygen atoms in total. The van der Waals surface area contributed by atoms with Gasteiger partial charge in [0.1, 0.15) is 0 Å². The number of guanidine groups is 1. The Morgan fingerprint density at radius 3 is 2.21 bits per heavy atom. The number of amides is 1. The van der Waals surface area contributed by atoms with Gasteiger partial charge in [-0.3, -0.25) is 9.59 Å². The van der Waals surface area contributed by atoms with Crippen LogP contribution in [0.5, 0.6) is 0 Å². The molecular weight excluding hydrogens is 308 g/mol. The number of nitrogens with two attached hydrogens (primary N) is 2. The molecule has 0 saturated heterocycles. The van der Waals surface area contributed by atoms with Crippen molar-refractivity contribution in [2.75, 3.05) is 0 Å². The molecule has 1 fully saturated rings. The van der Waals surface area contributed by atoms with E-state index in [-0.39, 0.29) is 29.9 Å².